The van der Waals surface area contributed by atoms with Crippen LogP contribution in [0.3, 0.4) is 0 Å². The largest absolute Gasteiger partial charge is 0.331 e. The summed E-state index contributed by atoms with van der Waals surface area (Å²) in [4.78, 5) is 15.5. The lowest BCUT2D eigenvalue weighted by Gasteiger charge is -2.10. The van der Waals surface area contributed by atoms with Gasteiger partial charge in [-0.25, -0.2) is 8.96 Å². The van der Waals surface area contributed by atoms with Gasteiger partial charge in [-0.05, 0) is 42.5 Å². The van der Waals surface area contributed by atoms with E-state index in [0.29, 0.717) is 10.9 Å². The molecule has 0 aliphatic carbocycles. The molecule has 0 saturated heterocycles. The zero-order valence-electron chi connectivity index (χ0n) is 10.4. The summed E-state index contributed by atoms with van der Waals surface area (Å²) in [6.07, 6.45) is 0. The first-order chi connectivity index (χ1) is 9.99. The summed E-state index contributed by atoms with van der Waals surface area (Å²) < 4.78 is 16.0. The third kappa shape index (κ3) is 2.43. The van der Waals surface area contributed by atoms with Gasteiger partial charge in [0.05, 0.1) is 15.9 Å². The molecule has 1 heterocycles. The van der Waals surface area contributed by atoms with Crippen molar-refractivity contribution >= 4 is 50.7 Å². The predicted molar refractivity (Wildman–Crippen MR) is 87.4 cm³/mol. The molecule has 0 bridgehead atoms. The van der Waals surface area contributed by atoms with E-state index >= 15 is 0 Å². The van der Waals surface area contributed by atoms with E-state index in [9.17, 15) is 9.18 Å². The Kier molecular flexibility index (Phi) is 3.69. The van der Waals surface area contributed by atoms with E-state index in [2.05, 4.69) is 20.9 Å². The summed E-state index contributed by atoms with van der Waals surface area (Å²) in [6.45, 7) is 0. The van der Waals surface area contributed by atoms with Gasteiger partial charge in [0.15, 0.2) is 4.77 Å². The normalized spacial score (nSPS) is 11.0. The van der Waals surface area contributed by atoms with E-state index < -0.39 is 11.4 Å². The number of nitrogens with one attached hydrogen (secondary N) is 1. The zero-order valence-corrected chi connectivity index (χ0v) is 13.5. The summed E-state index contributed by atoms with van der Waals surface area (Å²) >= 11 is 14.5. The molecule has 7 heteroatoms. The van der Waals surface area contributed by atoms with Crippen molar-refractivity contribution in [2.75, 3.05) is 0 Å². The highest BCUT2D eigenvalue weighted by atomic mass is 79.9. The molecule has 21 heavy (non-hydrogen) atoms. The minimum absolute atomic E-state index is 0.0461. The Bertz CT molecular complexity index is 963. The number of halogens is 3. The van der Waals surface area contributed by atoms with Crippen LogP contribution in [0.25, 0.3) is 16.6 Å². The van der Waals surface area contributed by atoms with Gasteiger partial charge >= 0.3 is 0 Å². The minimum atomic E-state index is -0.611. The first-order valence-electron chi connectivity index (χ1n) is 5.88. The maximum atomic E-state index is 14.0. The van der Waals surface area contributed by atoms with Crippen LogP contribution in [0.2, 0.25) is 5.02 Å². The molecule has 0 saturated carbocycles. The molecule has 106 valence electrons. The number of rotatable bonds is 1. The first kappa shape index (κ1) is 14.4. The molecule has 3 rings (SSSR count). The van der Waals surface area contributed by atoms with Crippen molar-refractivity contribution in [3.8, 4) is 5.69 Å². The Morgan fingerprint density at radius 3 is 2.76 bits per heavy atom. The molecule has 2 aromatic carbocycles. The molecule has 0 aliphatic rings. The fraction of sp³-hybridized carbons (Fsp3) is 0. The molecule has 1 N–H and O–H groups in total. The van der Waals surface area contributed by atoms with Gasteiger partial charge < -0.3 is 4.98 Å². The van der Waals surface area contributed by atoms with E-state index in [-0.39, 0.29) is 15.5 Å². The molecule has 0 aliphatic heterocycles. The summed E-state index contributed by atoms with van der Waals surface area (Å²) in [5.41, 5.74) is 0.103. The van der Waals surface area contributed by atoms with Gasteiger partial charge in [0.2, 0.25) is 0 Å². The Morgan fingerprint density at radius 1 is 1.29 bits per heavy atom. The van der Waals surface area contributed by atoms with Crippen LogP contribution < -0.4 is 5.56 Å². The zero-order chi connectivity index (χ0) is 15.1. The highest BCUT2D eigenvalue weighted by Gasteiger charge is 2.14. The number of hydrogen-bond acceptors (Lipinski definition) is 2. The monoisotopic (exact) mass is 384 g/mol. The average Bonchev–Trinajstić information content (AvgIpc) is 2.41. The second-order valence-corrected chi connectivity index (χ2v) is 6.04. The number of benzene rings is 2. The van der Waals surface area contributed by atoms with E-state index in [1.165, 1.54) is 18.2 Å². The fourth-order valence-electron chi connectivity index (χ4n) is 2.10. The smallest absolute Gasteiger partial charge is 0.266 e. The Morgan fingerprint density at radius 2 is 2.05 bits per heavy atom. The molecule has 0 fully saturated rings. The second-order valence-electron chi connectivity index (χ2n) is 4.33. The van der Waals surface area contributed by atoms with Crippen molar-refractivity contribution in [3.63, 3.8) is 0 Å². The van der Waals surface area contributed by atoms with Gasteiger partial charge in [0.25, 0.3) is 5.56 Å². The third-order valence-corrected chi connectivity index (χ3v) is 4.10. The van der Waals surface area contributed by atoms with Crippen molar-refractivity contribution in [1.82, 2.24) is 9.55 Å². The quantitative estimate of drug-likeness (QED) is 0.622. The number of para-hydroxylation sites is 1. The minimum Gasteiger partial charge on any atom is -0.331 e. The van der Waals surface area contributed by atoms with Crippen molar-refractivity contribution in [1.29, 1.82) is 0 Å². The predicted octanol–water partition coefficient (Wildman–Crippen LogP) is 4.60. The first-order valence-corrected chi connectivity index (χ1v) is 7.46. The molecule has 0 amide bonds. The van der Waals surface area contributed by atoms with E-state index in [1.807, 2.05) is 0 Å². The standard InChI is InChI=1S/C14H7BrClFN2OS/c15-7-4-5-8-11(6-7)18-14(21)19(13(8)20)12-9(16)2-1-3-10(12)17/h1-6H,(H,18,21). The lowest BCUT2D eigenvalue weighted by Crippen LogP contribution is -2.21. The van der Waals surface area contributed by atoms with Crippen molar-refractivity contribution < 1.29 is 4.39 Å². The van der Waals surface area contributed by atoms with Crippen LogP contribution in [0.15, 0.2) is 45.7 Å². The number of H-pyrrole nitrogens is 1. The molecule has 0 atom stereocenters. The average molecular weight is 386 g/mol. The van der Waals surface area contributed by atoms with Crippen molar-refractivity contribution in [2.45, 2.75) is 0 Å². The molecule has 0 radical (unpaired) electrons. The molecule has 1 aromatic heterocycles. The Balaban J connectivity index is 2.48. The summed E-state index contributed by atoms with van der Waals surface area (Å²) in [5.74, 6) is -0.611. The molecule has 3 nitrogen and oxygen atoms in total. The summed E-state index contributed by atoms with van der Waals surface area (Å²) in [5, 5.41) is 0.513. The van der Waals surface area contributed by atoms with Crippen LogP contribution in [0.4, 0.5) is 4.39 Å². The van der Waals surface area contributed by atoms with Crippen LogP contribution in [-0.2, 0) is 0 Å². The molecular formula is C14H7BrClFN2OS. The van der Waals surface area contributed by atoms with Crippen molar-refractivity contribution in [2.24, 2.45) is 0 Å². The highest BCUT2D eigenvalue weighted by molar-refractivity contribution is 9.10. The third-order valence-electron chi connectivity index (χ3n) is 3.02. The molecule has 0 unspecified atom stereocenters. The van der Waals surface area contributed by atoms with E-state index in [0.717, 1.165) is 9.04 Å². The highest BCUT2D eigenvalue weighted by Crippen LogP contribution is 2.23. The van der Waals surface area contributed by atoms with Crippen LogP contribution in [0.5, 0.6) is 0 Å². The Hall–Kier alpha value is -1.50. The fourth-order valence-corrected chi connectivity index (χ4v) is 2.99. The lowest BCUT2D eigenvalue weighted by atomic mass is 10.2. The molecule has 3 aromatic rings. The topological polar surface area (TPSA) is 37.8 Å². The van der Waals surface area contributed by atoms with Gasteiger partial charge in [-0.15, -0.1) is 0 Å². The Labute approximate surface area is 137 Å². The van der Waals surface area contributed by atoms with E-state index in [4.69, 9.17) is 23.8 Å². The number of aromatic nitrogens is 2. The second kappa shape index (κ2) is 5.36. The van der Waals surface area contributed by atoms with Gasteiger partial charge in [-0.3, -0.25) is 4.79 Å². The lowest BCUT2D eigenvalue weighted by molar-refractivity contribution is 0.615. The summed E-state index contributed by atoms with van der Waals surface area (Å²) in [7, 11) is 0. The van der Waals surface area contributed by atoms with Gasteiger partial charge in [-0.2, -0.15) is 0 Å². The van der Waals surface area contributed by atoms with Gasteiger partial charge in [0.1, 0.15) is 11.5 Å². The maximum absolute atomic E-state index is 14.0. The molecule has 0 spiro atoms. The van der Waals surface area contributed by atoms with Gasteiger partial charge in [0, 0.05) is 4.47 Å². The van der Waals surface area contributed by atoms with Crippen molar-refractivity contribution in [3.05, 3.63) is 66.8 Å². The summed E-state index contributed by atoms with van der Waals surface area (Å²) in [6, 6.07) is 9.31. The van der Waals surface area contributed by atoms with Crippen LogP contribution in [0, 0.1) is 10.6 Å². The van der Waals surface area contributed by atoms with Crippen LogP contribution in [0.1, 0.15) is 0 Å². The maximum Gasteiger partial charge on any atom is 0.266 e. The van der Waals surface area contributed by atoms with Gasteiger partial charge in [-0.1, -0.05) is 33.6 Å². The SMILES string of the molecule is O=c1c2ccc(Br)cc2[nH]c(=S)n1-c1c(F)cccc1Cl. The van der Waals surface area contributed by atoms with E-state index in [1.54, 1.807) is 18.2 Å². The van der Waals surface area contributed by atoms with Crippen LogP contribution >= 0.6 is 39.7 Å². The molecular weight excluding hydrogens is 379 g/mol. The van der Waals surface area contributed by atoms with Crippen LogP contribution in [-0.4, -0.2) is 9.55 Å². The number of hydrogen-bond donors (Lipinski definition) is 1. The number of aromatic amines is 1. The number of fused-ring (bicyclic) bond motifs is 1. The number of nitrogens with zero attached hydrogens (tertiary/aromatic N) is 1.